The predicted molar refractivity (Wildman–Crippen MR) is 67.2 cm³/mol. The lowest BCUT2D eigenvalue weighted by molar-refractivity contribution is 0.104. The van der Waals surface area contributed by atoms with E-state index in [1.54, 1.807) is 18.2 Å². The van der Waals surface area contributed by atoms with Gasteiger partial charge in [-0.25, -0.2) is 0 Å². The number of benzene rings is 1. The van der Waals surface area contributed by atoms with Crippen LogP contribution in [-0.2, 0) is 0 Å². The summed E-state index contributed by atoms with van der Waals surface area (Å²) in [4.78, 5) is 0. The molecule has 1 atom stereocenters. The molecule has 0 aromatic heterocycles. The lowest BCUT2D eigenvalue weighted by atomic mass is 10.3. The lowest BCUT2D eigenvalue weighted by Crippen LogP contribution is -2.35. The first-order valence-corrected chi connectivity index (χ1v) is 6.09. The van der Waals surface area contributed by atoms with E-state index in [9.17, 15) is 5.11 Å². The van der Waals surface area contributed by atoms with Crippen LogP contribution in [0.15, 0.2) is 18.2 Å². The van der Waals surface area contributed by atoms with Crippen LogP contribution >= 0.6 is 0 Å². The molecule has 1 aliphatic heterocycles. The van der Waals surface area contributed by atoms with E-state index in [4.69, 9.17) is 14.2 Å². The van der Waals surface area contributed by atoms with Crippen molar-refractivity contribution in [3.63, 3.8) is 0 Å². The second kappa shape index (κ2) is 5.93. The maximum absolute atomic E-state index is 9.71. The topological polar surface area (TPSA) is 60.0 Å². The second-order valence-electron chi connectivity index (χ2n) is 4.54. The fourth-order valence-electron chi connectivity index (χ4n) is 1.59. The van der Waals surface area contributed by atoms with Gasteiger partial charge < -0.3 is 24.6 Å². The second-order valence-corrected chi connectivity index (χ2v) is 4.54. The molecule has 0 saturated carbocycles. The van der Waals surface area contributed by atoms with Crippen LogP contribution in [0, 0.1) is 0 Å². The number of nitrogens with one attached hydrogen (secondary N) is 1. The molecule has 0 spiro atoms. The predicted octanol–water partition coefficient (Wildman–Crippen LogP) is 1.15. The van der Waals surface area contributed by atoms with Crippen LogP contribution in [0.4, 0.5) is 0 Å². The van der Waals surface area contributed by atoms with Crippen molar-refractivity contribution in [1.29, 1.82) is 0 Å². The molecule has 0 amide bonds. The van der Waals surface area contributed by atoms with Crippen LogP contribution in [0.1, 0.15) is 13.8 Å². The van der Waals surface area contributed by atoms with E-state index in [1.807, 2.05) is 13.8 Å². The Morgan fingerprint density at radius 2 is 2.11 bits per heavy atom. The molecule has 2 rings (SSSR count). The molecule has 0 radical (unpaired) electrons. The molecule has 1 aromatic carbocycles. The van der Waals surface area contributed by atoms with Crippen molar-refractivity contribution in [2.45, 2.75) is 26.0 Å². The van der Waals surface area contributed by atoms with Gasteiger partial charge in [-0.1, -0.05) is 13.8 Å². The van der Waals surface area contributed by atoms with E-state index in [0.717, 1.165) is 5.75 Å². The Kier molecular flexibility index (Phi) is 4.28. The van der Waals surface area contributed by atoms with Crippen molar-refractivity contribution in [2.75, 3.05) is 19.9 Å². The highest BCUT2D eigenvalue weighted by Crippen LogP contribution is 2.35. The molecule has 1 unspecified atom stereocenters. The highest BCUT2D eigenvalue weighted by atomic mass is 16.7. The Morgan fingerprint density at radius 3 is 2.89 bits per heavy atom. The van der Waals surface area contributed by atoms with Crippen molar-refractivity contribution in [2.24, 2.45) is 0 Å². The normalized spacial score (nSPS) is 14.9. The Labute approximate surface area is 107 Å². The van der Waals surface area contributed by atoms with Crippen LogP contribution in [0.25, 0.3) is 0 Å². The first-order chi connectivity index (χ1) is 8.65. The fourth-order valence-corrected chi connectivity index (χ4v) is 1.59. The molecule has 2 N–H and O–H groups in total. The van der Waals surface area contributed by atoms with Crippen LogP contribution < -0.4 is 19.5 Å². The van der Waals surface area contributed by atoms with Crippen LogP contribution in [0.2, 0.25) is 0 Å². The number of aliphatic hydroxyl groups is 1. The zero-order valence-corrected chi connectivity index (χ0v) is 10.7. The largest absolute Gasteiger partial charge is 0.491 e. The Morgan fingerprint density at radius 1 is 1.33 bits per heavy atom. The smallest absolute Gasteiger partial charge is 0.231 e. The summed E-state index contributed by atoms with van der Waals surface area (Å²) in [6.45, 7) is 5.08. The first kappa shape index (κ1) is 13.0. The molecule has 18 heavy (non-hydrogen) atoms. The summed E-state index contributed by atoms with van der Waals surface area (Å²) in [5.41, 5.74) is 0. The Hall–Kier alpha value is -1.46. The van der Waals surface area contributed by atoms with E-state index < -0.39 is 6.10 Å². The molecule has 0 bridgehead atoms. The maximum Gasteiger partial charge on any atom is 0.231 e. The number of ether oxygens (including phenoxy) is 3. The van der Waals surface area contributed by atoms with Gasteiger partial charge in [0.25, 0.3) is 0 Å². The fraction of sp³-hybridized carbons (Fsp3) is 0.538. The summed E-state index contributed by atoms with van der Waals surface area (Å²) < 4.78 is 16.0. The molecule has 1 heterocycles. The van der Waals surface area contributed by atoms with Gasteiger partial charge in [0.05, 0.1) is 0 Å². The van der Waals surface area contributed by atoms with Gasteiger partial charge in [0.2, 0.25) is 6.79 Å². The van der Waals surface area contributed by atoms with Crippen molar-refractivity contribution >= 4 is 0 Å². The van der Waals surface area contributed by atoms with Gasteiger partial charge in [-0.15, -0.1) is 0 Å². The first-order valence-electron chi connectivity index (χ1n) is 6.09. The summed E-state index contributed by atoms with van der Waals surface area (Å²) in [6, 6.07) is 5.72. The number of fused-ring (bicyclic) bond motifs is 1. The number of hydrogen-bond donors (Lipinski definition) is 2. The standard InChI is InChI=1S/C13H19NO4/c1-9(2)14-6-10(15)7-16-11-3-4-12-13(5-11)18-8-17-12/h3-5,9-10,14-15H,6-8H2,1-2H3. The van der Waals surface area contributed by atoms with E-state index in [2.05, 4.69) is 5.32 Å². The number of hydrogen-bond acceptors (Lipinski definition) is 5. The summed E-state index contributed by atoms with van der Waals surface area (Å²) in [5.74, 6) is 2.08. The number of aliphatic hydroxyl groups excluding tert-OH is 1. The van der Waals surface area contributed by atoms with Gasteiger partial charge in [-0.2, -0.15) is 0 Å². The van der Waals surface area contributed by atoms with Crippen molar-refractivity contribution in [1.82, 2.24) is 5.32 Å². The van der Waals surface area contributed by atoms with Gasteiger partial charge in [0, 0.05) is 18.7 Å². The van der Waals surface area contributed by atoms with E-state index in [-0.39, 0.29) is 13.4 Å². The summed E-state index contributed by atoms with van der Waals surface area (Å²) in [7, 11) is 0. The molecular weight excluding hydrogens is 234 g/mol. The van der Waals surface area contributed by atoms with Crippen molar-refractivity contribution < 1.29 is 19.3 Å². The molecule has 5 nitrogen and oxygen atoms in total. The molecule has 1 aromatic rings. The summed E-state index contributed by atoms with van der Waals surface area (Å²) >= 11 is 0. The number of rotatable bonds is 6. The maximum atomic E-state index is 9.71. The minimum atomic E-state index is -0.530. The molecule has 0 fully saturated rings. The van der Waals surface area contributed by atoms with Gasteiger partial charge in [0.15, 0.2) is 11.5 Å². The van der Waals surface area contributed by atoms with E-state index in [1.165, 1.54) is 0 Å². The van der Waals surface area contributed by atoms with Gasteiger partial charge in [-0.05, 0) is 12.1 Å². The molecular formula is C13H19NO4. The minimum absolute atomic E-state index is 0.249. The zero-order valence-electron chi connectivity index (χ0n) is 10.7. The zero-order chi connectivity index (χ0) is 13.0. The van der Waals surface area contributed by atoms with Crippen LogP contribution in [0.5, 0.6) is 17.2 Å². The highest BCUT2D eigenvalue weighted by Gasteiger charge is 2.14. The molecule has 1 aliphatic rings. The van der Waals surface area contributed by atoms with Crippen LogP contribution in [0.3, 0.4) is 0 Å². The Balaban J connectivity index is 1.79. The van der Waals surface area contributed by atoms with Gasteiger partial charge in [0.1, 0.15) is 18.5 Å². The van der Waals surface area contributed by atoms with Gasteiger partial charge >= 0.3 is 0 Å². The third-order valence-electron chi connectivity index (χ3n) is 2.55. The SMILES string of the molecule is CC(C)NCC(O)COc1ccc2c(c1)OCO2. The van der Waals surface area contributed by atoms with E-state index >= 15 is 0 Å². The highest BCUT2D eigenvalue weighted by molar-refractivity contribution is 5.46. The minimum Gasteiger partial charge on any atom is -0.491 e. The van der Waals surface area contributed by atoms with E-state index in [0.29, 0.717) is 24.1 Å². The quantitative estimate of drug-likeness (QED) is 0.796. The molecule has 100 valence electrons. The van der Waals surface area contributed by atoms with Gasteiger partial charge in [-0.3, -0.25) is 0 Å². The monoisotopic (exact) mass is 253 g/mol. The van der Waals surface area contributed by atoms with Crippen LogP contribution in [-0.4, -0.2) is 37.2 Å². The third-order valence-corrected chi connectivity index (χ3v) is 2.55. The molecule has 5 heteroatoms. The summed E-state index contributed by atoms with van der Waals surface area (Å²) in [6.07, 6.45) is -0.530. The lowest BCUT2D eigenvalue weighted by Gasteiger charge is -2.15. The van der Waals surface area contributed by atoms with Crippen molar-refractivity contribution in [3.05, 3.63) is 18.2 Å². The summed E-state index contributed by atoms with van der Waals surface area (Å²) in [5, 5.41) is 12.9. The molecule has 0 saturated heterocycles. The molecule has 0 aliphatic carbocycles. The Bertz CT molecular complexity index is 395. The van der Waals surface area contributed by atoms with Crippen molar-refractivity contribution in [3.8, 4) is 17.2 Å². The third kappa shape index (κ3) is 3.51. The average molecular weight is 253 g/mol. The average Bonchev–Trinajstić information content (AvgIpc) is 2.81.